The second-order valence-corrected chi connectivity index (χ2v) is 2.49. The molecule has 0 atom stereocenters. The van der Waals surface area contributed by atoms with Crippen LogP contribution in [0.2, 0.25) is 0 Å². The van der Waals surface area contributed by atoms with E-state index in [0.717, 1.165) is 12.1 Å². The average molecular weight is 204 g/mol. The maximum atomic E-state index is 12.9. The Kier molecular flexibility index (Phi) is 3.25. The van der Waals surface area contributed by atoms with Gasteiger partial charge in [0.15, 0.2) is 17.5 Å². The summed E-state index contributed by atoms with van der Waals surface area (Å²) in [5, 5.41) is 2.39. The van der Waals surface area contributed by atoms with E-state index < -0.39 is 17.5 Å². The largest absolute Gasteiger partial charge is 0.370 e. The molecule has 0 amide bonds. The summed E-state index contributed by atoms with van der Waals surface area (Å²) in [6, 6.07) is 2.01. The lowest BCUT2D eigenvalue weighted by molar-refractivity contribution is 0.440. The van der Waals surface area contributed by atoms with Crippen LogP contribution in [0.1, 0.15) is 5.56 Å². The third kappa shape index (κ3) is 2.18. The topological polar surface area (TPSA) is 12.0 Å². The maximum Gasteiger partial charge on any atom is 0.194 e. The van der Waals surface area contributed by atoms with Gasteiger partial charge in [0.1, 0.15) is 5.49 Å². The van der Waals surface area contributed by atoms with E-state index >= 15 is 0 Å². The van der Waals surface area contributed by atoms with Gasteiger partial charge in [0.25, 0.3) is 0 Å². The van der Waals surface area contributed by atoms with Crippen LogP contribution in [0.15, 0.2) is 12.1 Å². The van der Waals surface area contributed by atoms with E-state index in [0.29, 0.717) is 0 Å². The van der Waals surface area contributed by atoms with Crippen molar-refractivity contribution in [2.45, 2.75) is 6.54 Å². The minimum absolute atomic E-state index is 0.00741. The van der Waals surface area contributed by atoms with Gasteiger partial charge in [0, 0.05) is 12.1 Å². The highest BCUT2D eigenvalue weighted by atomic mass is 32.1. The van der Waals surface area contributed by atoms with Crippen LogP contribution in [0.3, 0.4) is 0 Å². The lowest BCUT2D eigenvalue weighted by atomic mass is 10.2. The van der Waals surface area contributed by atoms with Crippen molar-refractivity contribution in [1.82, 2.24) is 5.32 Å². The Morgan fingerprint density at radius 3 is 2.54 bits per heavy atom. The summed E-state index contributed by atoms with van der Waals surface area (Å²) >= 11 is 4.30. The van der Waals surface area contributed by atoms with Crippen LogP contribution in [0.4, 0.5) is 13.2 Å². The van der Waals surface area contributed by atoms with Crippen LogP contribution < -0.4 is 5.32 Å². The number of thiocarbonyl (C=S) groups is 1. The van der Waals surface area contributed by atoms with Crippen LogP contribution in [-0.2, 0) is 6.54 Å². The van der Waals surface area contributed by atoms with Gasteiger partial charge in [-0.1, -0.05) is 18.3 Å². The van der Waals surface area contributed by atoms with Crippen LogP contribution in [0, 0.1) is 17.5 Å². The molecule has 0 saturated heterocycles. The van der Waals surface area contributed by atoms with Crippen molar-refractivity contribution in [3.05, 3.63) is 35.1 Å². The lowest BCUT2D eigenvalue weighted by Gasteiger charge is -2.03. The third-order valence-corrected chi connectivity index (χ3v) is 1.61. The van der Waals surface area contributed by atoms with Crippen LogP contribution in [0.25, 0.3) is 0 Å². The second kappa shape index (κ2) is 4.23. The summed E-state index contributed by atoms with van der Waals surface area (Å²) in [5.74, 6) is -3.87. The third-order valence-electron chi connectivity index (χ3n) is 1.47. The van der Waals surface area contributed by atoms with Crippen LogP contribution >= 0.6 is 12.2 Å². The highest BCUT2D eigenvalue weighted by Crippen LogP contribution is 2.14. The molecule has 13 heavy (non-hydrogen) atoms. The van der Waals surface area contributed by atoms with E-state index in [-0.39, 0.29) is 12.1 Å². The molecule has 0 unspecified atom stereocenters. The molecular weight excluding hydrogens is 199 g/mol. The highest BCUT2D eigenvalue weighted by Gasteiger charge is 2.12. The molecule has 69 valence electrons. The maximum absolute atomic E-state index is 12.9. The Morgan fingerprint density at radius 2 is 1.92 bits per heavy atom. The summed E-state index contributed by atoms with van der Waals surface area (Å²) in [7, 11) is 0. The Bertz CT molecular complexity index is 327. The molecule has 1 rings (SSSR count). The molecule has 0 aromatic heterocycles. The number of rotatable bonds is 3. The molecule has 0 aliphatic rings. The first-order valence-electron chi connectivity index (χ1n) is 3.39. The van der Waals surface area contributed by atoms with Gasteiger partial charge >= 0.3 is 0 Å². The molecule has 0 aliphatic carbocycles. The van der Waals surface area contributed by atoms with Crippen molar-refractivity contribution in [2.24, 2.45) is 0 Å². The Morgan fingerprint density at radius 1 is 1.23 bits per heavy atom. The van der Waals surface area contributed by atoms with Gasteiger partial charge in [-0.15, -0.1) is 0 Å². The normalized spacial score (nSPS) is 9.77. The monoisotopic (exact) mass is 204 g/mol. The predicted molar refractivity (Wildman–Crippen MR) is 45.8 cm³/mol. The van der Waals surface area contributed by atoms with E-state index in [9.17, 15) is 13.2 Å². The van der Waals surface area contributed by atoms with E-state index in [1.807, 2.05) is 0 Å². The van der Waals surface area contributed by atoms with Gasteiger partial charge in [-0.25, -0.2) is 13.2 Å². The zero-order chi connectivity index (χ0) is 9.84. The Balaban J connectivity index is 2.96. The van der Waals surface area contributed by atoms with Gasteiger partial charge < -0.3 is 5.32 Å². The smallest absolute Gasteiger partial charge is 0.194 e. The molecule has 0 fully saturated rings. The van der Waals surface area contributed by atoms with Gasteiger partial charge in [-0.2, -0.15) is 0 Å². The van der Waals surface area contributed by atoms with Crippen molar-refractivity contribution in [1.29, 1.82) is 0 Å². The zero-order valence-electron chi connectivity index (χ0n) is 6.40. The van der Waals surface area contributed by atoms with Crippen LogP contribution in [-0.4, -0.2) is 5.49 Å². The van der Waals surface area contributed by atoms with Gasteiger partial charge in [0.2, 0.25) is 0 Å². The Hall–Kier alpha value is -1.10. The van der Waals surface area contributed by atoms with Crippen molar-refractivity contribution >= 4 is 17.7 Å². The van der Waals surface area contributed by atoms with E-state index in [1.54, 1.807) is 0 Å². The van der Waals surface area contributed by atoms with Gasteiger partial charge in [-0.3, -0.25) is 0 Å². The van der Waals surface area contributed by atoms with Crippen LogP contribution in [0.5, 0.6) is 0 Å². The molecule has 0 bridgehead atoms. The highest BCUT2D eigenvalue weighted by molar-refractivity contribution is 7.78. The fourth-order valence-electron chi connectivity index (χ4n) is 0.834. The number of nitrogens with one attached hydrogen (secondary N) is 1. The van der Waals surface area contributed by atoms with Gasteiger partial charge in [0.05, 0.1) is 0 Å². The van der Waals surface area contributed by atoms with Crippen molar-refractivity contribution < 1.29 is 13.2 Å². The molecule has 1 radical (unpaired) electrons. The fraction of sp³-hybridized carbons (Fsp3) is 0.125. The molecule has 1 nitrogen and oxygen atoms in total. The molecule has 0 saturated carbocycles. The predicted octanol–water partition coefficient (Wildman–Crippen LogP) is 2.03. The fourth-order valence-corrected chi connectivity index (χ4v) is 0.906. The van der Waals surface area contributed by atoms with Crippen molar-refractivity contribution in [3.8, 4) is 0 Å². The summed E-state index contributed by atoms with van der Waals surface area (Å²) in [5.41, 5.74) is 2.14. The molecule has 0 heterocycles. The molecule has 1 aromatic carbocycles. The number of hydrogen-bond acceptors (Lipinski definition) is 1. The first-order valence-corrected chi connectivity index (χ1v) is 3.80. The first-order chi connectivity index (χ1) is 6.16. The second-order valence-electron chi connectivity index (χ2n) is 2.29. The minimum Gasteiger partial charge on any atom is -0.370 e. The molecule has 5 heteroatoms. The molecule has 1 N–H and O–H groups in total. The van der Waals surface area contributed by atoms with Crippen molar-refractivity contribution in [3.63, 3.8) is 0 Å². The molecule has 0 aliphatic heterocycles. The molecule has 1 aromatic rings. The lowest BCUT2D eigenvalue weighted by Crippen LogP contribution is -2.11. The zero-order valence-corrected chi connectivity index (χ0v) is 7.22. The van der Waals surface area contributed by atoms with E-state index in [2.05, 4.69) is 23.0 Å². The molecular formula is C8H5F3NS. The summed E-state index contributed by atoms with van der Waals surface area (Å²) in [6.07, 6.45) is 0. The number of halogens is 3. The van der Waals surface area contributed by atoms with Gasteiger partial charge in [-0.05, 0) is 6.07 Å². The summed E-state index contributed by atoms with van der Waals surface area (Å²) in [6.45, 7) is -0.00741. The number of benzene rings is 1. The summed E-state index contributed by atoms with van der Waals surface area (Å²) in [4.78, 5) is 0. The number of hydrogen-bond donors (Lipinski definition) is 1. The first kappa shape index (κ1) is 9.98. The molecule has 0 spiro atoms. The Labute approximate surface area is 78.6 Å². The summed E-state index contributed by atoms with van der Waals surface area (Å²) < 4.78 is 37.9. The van der Waals surface area contributed by atoms with E-state index in [1.165, 1.54) is 0 Å². The quantitative estimate of drug-likeness (QED) is 0.459. The average Bonchev–Trinajstić information content (AvgIpc) is 2.13. The van der Waals surface area contributed by atoms with Crippen molar-refractivity contribution in [2.75, 3.05) is 0 Å². The standard InChI is InChI=1S/C8H5F3NS/c9-6-2-1-5(3-12-4-13)7(10)8(6)11/h1-2H,3H2,(H,12,13). The SMILES string of the molecule is Fc1ccc(CN[C]=S)c(F)c1F. The van der Waals surface area contributed by atoms with E-state index in [4.69, 9.17) is 0 Å². The minimum atomic E-state index is -1.47.